The molecule has 0 spiro atoms. The Morgan fingerprint density at radius 3 is 2.93 bits per heavy atom. The number of hydrogen-bond acceptors (Lipinski definition) is 6. The summed E-state index contributed by atoms with van der Waals surface area (Å²) in [7, 11) is 0. The molecule has 6 nitrogen and oxygen atoms in total. The summed E-state index contributed by atoms with van der Waals surface area (Å²) in [6.45, 7) is 3.82. The number of nitrogens with zero attached hydrogens (tertiary/aromatic N) is 4. The number of aromatic nitrogens is 3. The first-order valence-corrected chi connectivity index (χ1v) is 10.8. The van der Waals surface area contributed by atoms with Gasteiger partial charge in [-0.3, -0.25) is 4.79 Å². The van der Waals surface area contributed by atoms with Crippen molar-refractivity contribution in [3.05, 3.63) is 51.8 Å². The van der Waals surface area contributed by atoms with Gasteiger partial charge in [0.25, 0.3) is 0 Å². The third-order valence-electron chi connectivity index (χ3n) is 4.83. The Morgan fingerprint density at radius 2 is 2.14 bits per heavy atom. The number of amides is 1. The molecule has 1 fully saturated rings. The van der Waals surface area contributed by atoms with Crippen molar-refractivity contribution in [2.75, 3.05) is 18.0 Å². The van der Waals surface area contributed by atoms with Crippen molar-refractivity contribution in [1.82, 2.24) is 20.3 Å². The highest BCUT2D eigenvalue weighted by Gasteiger charge is 2.23. The zero-order valence-corrected chi connectivity index (χ0v) is 17.8. The predicted molar refractivity (Wildman–Crippen MR) is 117 cm³/mol. The third kappa shape index (κ3) is 4.23. The average Bonchev–Trinajstić information content (AvgIpc) is 3.08. The summed E-state index contributed by atoms with van der Waals surface area (Å²) in [5, 5.41) is 5.24. The number of carbonyl (C=O) groups excluding carboxylic acids is 1. The van der Waals surface area contributed by atoms with Gasteiger partial charge >= 0.3 is 0 Å². The first-order chi connectivity index (χ1) is 13.6. The smallest absolute Gasteiger partial charge is 0.244 e. The van der Waals surface area contributed by atoms with Gasteiger partial charge in [-0.25, -0.2) is 15.0 Å². The number of piperidine rings is 1. The number of carbonyl (C=O) groups is 1. The van der Waals surface area contributed by atoms with E-state index in [0.717, 1.165) is 52.1 Å². The monoisotopic (exact) mass is 457 g/mol. The summed E-state index contributed by atoms with van der Waals surface area (Å²) < 4.78 is 1.90. The van der Waals surface area contributed by atoms with E-state index in [1.807, 2.05) is 12.1 Å². The molecule has 144 valence electrons. The van der Waals surface area contributed by atoms with Crippen molar-refractivity contribution in [1.29, 1.82) is 0 Å². The van der Waals surface area contributed by atoms with Crippen LogP contribution in [-0.4, -0.2) is 40.0 Å². The van der Waals surface area contributed by atoms with E-state index < -0.39 is 0 Å². The van der Waals surface area contributed by atoms with Crippen LogP contribution in [0.3, 0.4) is 0 Å². The van der Waals surface area contributed by atoms with Crippen molar-refractivity contribution in [3.63, 3.8) is 0 Å². The maximum absolute atomic E-state index is 12.2. The molecular formula is C20H20BrN5OS. The van der Waals surface area contributed by atoms with Crippen LogP contribution < -0.4 is 10.2 Å². The lowest BCUT2D eigenvalue weighted by Gasteiger charge is -2.33. The molecule has 1 aliphatic heterocycles. The molecule has 3 aromatic rings. The maximum Gasteiger partial charge on any atom is 0.244 e. The SMILES string of the molecule is Cc1csc2c(N3CCC(NC(=O)C=Cc4ccnc(Br)c4)CC3)ncnc12. The quantitative estimate of drug-likeness (QED) is 0.474. The number of rotatable bonds is 4. The molecule has 0 aromatic carbocycles. The fourth-order valence-corrected chi connectivity index (χ4v) is 4.76. The summed E-state index contributed by atoms with van der Waals surface area (Å²) >= 11 is 5.03. The van der Waals surface area contributed by atoms with E-state index in [-0.39, 0.29) is 11.9 Å². The van der Waals surface area contributed by atoms with Gasteiger partial charge in [-0.15, -0.1) is 11.3 Å². The Kier molecular flexibility index (Phi) is 5.68. The number of thiophene rings is 1. The molecule has 0 saturated carbocycles. The topological polar surface area (TPSA) is 71.0 Å². The second-order valence-electron chi connectivity index (χ2n) is 6.81. The zero-order valence-electron chi connectivity index (χ0n) is 15.4. The minimum Gasteiger partial charge on any atom is -0.355 e. The predicted octanol–water partition coefficient (Wildman–Crippen LogP) is 3.96. The van der Waals surface area contributed by atoms with Crippen LogP contribution in [0.1, 0.15) is 24.0 Å². The summed E-state index contributed by atoms with van der Waals surface area (Å²) in [4.78, 5) is 27.5. The standard InChI is InChI=1S/C20H20BrN5OS/c1-13-11-28-19-18(13)23-12-24-20(19)26-8-5-15(6-9-26)25-17(27)3-2-14-4-7-22-16(21)10-14/h2-4,7,10-12,15H,5-6,8-9H2,1H3,(H,25,27). The molecule has 4 heterocycles. The van der Waals surface area contributed by atoms with Crippen LogP contribution in [0.25, 0.3) is 16.3 Å². The van der Waals surface area contributed by atoms with Gasteiger partial charge in [0.1, 0.15) is 16.7 Å². The highest BCUT2D eigenvalue weighted by Crippen LogP contribution is 2.32. The van der Waals surface area contributed by atoms with Gasteiger partial charge < -0.3 is 10.2 Å². The Balaban J connectivity index is 1.34. The molecule has 1 aliphatic rings. The van der Waals surface area contributed by atoms with Gasteiger partial charge in [-0.05, 0) is 70.4 Å². The third-order valence-corrected chi connectivity index (χ3v) is 6.35. The first kappa shape index (κ1) is 19.0. The molecule has 8 heteroatoms. The van der Waals surface area contributed by atoms with E-state index in [9.17, 15) is 4.79 Å². The number of anilines is 1. The van der Waals surface area contributed by atoms with Crippen LogP contribution >= 0.6 is 27.3 Å². The largest absolute Gasteiger partial charge is 0.355 e. The van der Waals surface area contributed by atoms with Crippen molar-refractivity contribution in [2.45, 2.75) is 25.8 Å². The molecule has 0 atom stereocenters. The molecule has 4 rings (SSSR count). The maximum atomic E-state index is 12.2. The molecule has 0 aliphatic carbocycles. The summed E-state index contributed by atoms with van der Waals surface area (Å²) in [5.74, 6) is 0.945. The second-order valence-corrected chi connectivity index (χ2v) is 8.50. The minimum atomic E-state index is -0.0651. The van der Waals surface area contributed by atoms with Crippen molar-refractivity contribution in [3.8, 4) is 0 Å². The molecule has 0 radical (unpaired) electrons. The second kappa shape index (κ2) is 8.36. The van der Waals surface area contributed by atoms with Crippen molar-refractivity contribution < 1.29 is 4.79 Å². The van der Waals surface area contributed by atoms with E-state index in [2.05, 4.69) is 53.4 Å². The van der Waals surface area contributed by atoms with Gasteiger partial charge in [0.05, 0.1) is 10.2 Å². The van der Waals surface area contributed by atoms with E-state index in [1.165, 1.54) is 5.56 Å². The lowest BCUT2D eigenvalue weighted by molar-refractivity contribution is -0.117. The highest BCUT2D eigenvalue weighted by atomic mass is 79.9. The number of pyridine rings is 1. The molecule has 28 heavy (non-hydrogen) atoms. The van der Waals surface area contributed by atoms with Crippen LogP contribution in [0.4, 0.5) is 5.82 Å². The van der Waals surface area contributed by atoms with Crippen molar-refractivity contribution in [2.24, 2.45) is 0 Å². The number of nitrogens with one attached hydrogen (secondary N) is 1. The molecule has 1 N–H and O–H groups in total. The molecule has 3 aromatic heterocycles. The summed E-state index contributed by atoms with van der Waals surface area (Å²) in [6.07, 6.45) is 8.53. The van der Waals surface area contributed by atoms with Crippen LogP contribution in [0.15, 0.2) is 40.7 Å². The number of hydrogen-bond donors (Lipinski definition) is 1. The Hall–Kier alpha value is -2.32. The van der Waals surface area contributed by atoms with Gasteiger partial charge in [0.15, 0.2) is 0 Å². The first-order valence-electron chi connectivity index (χ1n) is 9.14. The highest BCUT2D eigenvalue weighted by molar-refractivity contribution is 9.10. The lowest BCUT2D eigenvalue weighted by Crippen LogP contribution is -2.44. The van der Waals surface area contributed by atoms with E-state index >= 15 is 0 Å². The van der Waals surface area contributed by atoms with E-state index in [0.29, 0.717) is 0 Å². The van der Waals surface area contributed by atoms with E-state index in [1.54, 1.807) is 36.0 Å². The molecule has 0 unspecified atom stereocenters. The fourth-order valence-electron chi connectivity index (χ4n) is 3.36. The number of halogens is 1. The van der Waals surface area contributed by atoms with Crippen LogP contribution in [-0.2, 0) is 4.79 Å². The summed E-state index contributed by atoms with van der Waals surface area (Å²) in [6, 6.07) is 3.92. The average molecular weight is 458 g/mol. The Bertz CT molecular complexity index is 1030. The van der Waals surface area contributed by atoms with Gasteiger partial charge in [-0.2, -0.15) is 0 Å². The Morgan fingerprint density at radius 1 is 1.32 bits per heavy atom. The van der Waals surface area contributed by atoms with Crippen LogP contribution in [0.2, 0.25) is 0 Å². The molecule has 1 amide bonds. The van der Waals surface area contributed by atoms with Crippen LogP contribution in [0.5, 0.6) is 0 Å². The molecule has 0 bridgehead atoms. The van der Waals surface area contributed by atoms with Gasteiger partial charge in [0.2, 0.25) is 5.91 Å². The minimum absolute atomic E-state index is 0.0651. The number of fused-ring (bicyclic) bond motifs is 1. The van der Waals surface area contributed by atoms with E-state index in [4.69, 9.17) is 0 Å². The number of aryl methyl sites for hydroxylation is 1. The zero-order chi connectivity index (χ0) is 19.5. The molecule has 1 saturated heterocycles. The van der Waals surface area contributed by atoms with Crippen molar-refractivity contribution >= 4 is 55.3 Å². The van der Waals surface area contributed by atoms with Gasteiger partial charge in [0, 0.05) is 31.4 Å². The Labute approximate surface area is 175 Å². The van der Waals surface area contributed by atoms with Gasteiger partial charge in [-0.1, -0.05) is 0 Å². The van der Waals surface area contributed by atoms with Crippen LogP contribution in [0, 0.1) is 6.92 Å². The normalized spacial score (nSPS) is 15.4. The molecular weight excluding hydrogens is 438 g/mol. The fraction of sp³-hybridized carbons (Fsp3) is 0.300. The lowest BCUT2D eigenvalue weighted by atomic mass is 10.0. The summed E-state index contributed by atoms with van der Waals surface area (Å²) in [5.41, 5.74) is 3.17.